The molecule has 22 heavy (non-hydrogen) atoms. The Kier molecular flexibility index (Phi) is 5.31. The van der Waals surface area contributed by atoms with E-state index in [2.05, 4.69) is 0 Å². The first-order chi connectivity index (χ1) is 10.6. The van der Waals surface area contributed by atoms with Crippen LogP contribution in [0.4, 0.5) is 0 Å². The summed E-state index contributed by atoms with van der Waals surface area (Å²) in [6.45, 7) is 1.93. The molecule has 0 aromatic heterocycles. The van der Waals surface area contributed by atoms with E-state index < -0.39 is 11.9 Å². The van der Waals surface area contributed by atoms with Crippen LogP contribution in [-0.2, 0) is 11.2 Å². The Morgan fingerprint density at radius 3 is 2.18 bits per heavy atom. The number of ether oxygens (including phenoxy) is 1. The first kappa shape index (κ1) is 15.8. The molecule has 0 amide bonds. The fraction of sp³-hybridized carbons (Fsp3) is 0.222. The van der Waals surface area contributed by atoms with Gasteiger partial charge in [0.05, 0.1) is 11.1 Å². The Hall–Kier alpha value is -2.62. The molecule has 2 rings (SSSR count). The van der Waals surface area contributed by atoms with E-state index in [9.17, 15) is 9.59 Å². The average molecular weight is 298 g/mol. The monoisotopic (exact) mass is 298 g/mol. The van der Waals surface area contributed by atoms with Gasteiger partial charge in [0, 0.05) is 6.42 Å². The molecule has 0 radical (unpaired) electrons. The number of carbonyl (C=O) groups is 2. The van der Waals surface area contributed by atoms with Crippen LogP contribution in [0.5, 0.6) is 0 Å². The summed E-state index contributed by atoms with van der Waals surface area (Å²) in [7, 11) is 0. The third kappa shape index (κ3) is 3.95. The van der Waals surface area contributed by atoms with Gasteiger partial charge in [-0.3, -0.25) is 0 Å². The van der Waals surface area contributed by atoms with E-state index in [1.54, 1.807) is 12.1 Å². The minimum atomic E-state index is -1.14. The van der Waals surface area contributed by atoms with E-state index in [0.29, 0.717) is 12.8 Å². The molecule has 0 fully saturated rings. The van der Waals surface area contributed by atoms with Crippen LogP contribution >= 0.6 is 0 Å². The average Bonchev–Trinajstić information content (AvgIpc) is 2.55. The Balaban J connectivity index is 2.11. The van der Waals surface area contributed by atoms with Crippen LogP contribution in [-0.4, -0.2) is 23.1 Å². The van der Waals surface area contributed by atoms with Crippen molar-refractivity contribution in [3.63, 3.8) is 0 Å². The molecule has 0 saturated carbocycles. The molecule has 2 aromatic rings. The van der Waals surface area contributed by atoms with Gasteiger partial charge in [-0.1, -0.05) is 49.4 Å². The molecule has 1 atom stereocenters. The normalized spacial score (nSPS) is 11.7. The van der Waals surface area contributed by atoms with E-state index >= 15 is 0 Å². The van der Waals surface area contributed by atoms with Crippen molar-refractivity contribution in [1.29, 1.82) is 0 Å². The summed E-state index contributed by atoms with van der Waals surface area (Å²) in [5.41, 5.74) is 1.12. The van der Waals surface area contributed by atoms with Gasteiger partial charge in [-0.15, -0.1) is 0 Å². The van der Waals surface area contributed by atoms with Crippen LogP contribution in [0.1, 0.15) is 39.6 Å². The zero-order valence-corrected chi connectivity index (χ0v) is 12.4. The molecule has 0 spiro atoms. The molecule has 0 saturated heterocycles. The second kappa shape index (κ2) is 7.41. The summed E-state index contributed by atoms with van der Waals surface area (Å²) in [5.74, 6) is -1.73. The third-order valence-electron chi connectivity index (χ3n) is 3.41. The first-order valence-corrected chi connectivity index (χ1v) is 7.19. The number of hydrogen-bond acceptors (Lipinski definition) is 3. The van der Waals surface area contributed by atoms with Crippen molar-refractivity contribution in [1.82, 2.24) is 0 Å². The van der Waals surface area contributed by atoms with Gasteiger partial charge >= 0.3 is 11.9 Å². The molecule has 114 valence electrons. The lowest BCUT2D eigenvalue weighted by Crippen LogP contribution is -2.21. The summed E-state index contributed by atoms with van der Waals surface area (Å²) in [6, 6.07) is 15.8. The van der Waals surface area contributed by atoms with Crippen molar-refractivity contribution in [2.24, 2.45) is 0 Å². The van der Waals surface area contributed by atoms with Crippen molar-refractivity contribution in [3.8, 4) is 0 Å². The van der Waals surface area contributed by atoms with Crippen molar-refractivity contribution in [2.75, 3.05) is 0 Å². The van der Waals surface area contributed by atoms with Crippen molar-refractivity contribution >= 4 is 11.9 Å². The molecule has 0 heterocycles. The molecular formula is C18H18O4. The van der Waals surface area contributed by atoms with Gasteiger partial charge in [0.2, 0.25) is 0 Å². The van der Waals surface area contributed by atoms with Gasteiger partial charge in [0.1, 0.15) is 6.10 Å². The van der Waals surface area contributed by atoms with Crippen LogP contribution in [0.25, 0.3) is 0 Å². The van der Waals surface area contributed by atoms with Crippen molar-refractivity contribution in [2.45, 2.75) is 25.9 Å². The number of benzene rings is 2. The molecule has 0 aliphatic rings. The van der Waals surface area contributed by atoms with Gasteiger partial charge in [-0.05, 0) is 24.1 Å². The van der Waals surface area contributed by atoms with Crippen LogP contribution in [0.15, 0.2) is 54.6 Å². The molecule has 0 bridgehead atoms. The molecule has 0 aliphatic heterocycles. The maximum atomic E-state index is 12.2. The smallest absolute Gasteiger partial charge is 0.339 e. The van der Waals surface area contributed by atoms with Crippen molar-refractivity contribution < 1.29 is 19.4 Å². The number of aromatic carboxylic acids is 1. The van der Waals surface area contributed by atoms with E-state index in [1.165, 1.54) is 12.1 Å². The zero-order chi connectivity index (χ0) is 15.9. The number of rotatable bonds is 6. The van der Waals surface area contributed by atoms with E-state index in [0.717, 1.165) is 5.56 Å². The standard InChI is InChI=1S/C18H18O4/c1-2-14(12-13-8-4-3-5-9-13)22-18(21)16-11-7-6-10-15(16)17(19)20/h3-11,14H,2,12H2,1H3,(H,19,20)/t14-/m1/s1. The van der Waals surface area contributed by atoms with Gasteiger partial charge in [0.15, 0.2) is 0 Å². The molecule has 4 nitrogen and oxygen atoms in total. The van der Waals surface area contributed by atoms with E-state index in [4.69, 9.17) is 9.84 Å². The lowest BCUT2D eigenvalue weighted by Gasteiger charge is -2.17. The molecule has 1 N–H and O–H groups in total. The Morgan fingerprint density at radius 2 is 1.59 bits per heavy atom. The molecule has 0 unspecified atom stereocenters. The lowest BCUT2D eigenvalue weighted by molar-refractivity contribution is 0.0288. The van der Waals surface area contributed by atoms with Crippen LogP contribution in [0.3, 0.4) is 0 Å². The van der Waals surface area contributed by atoms with Crippen LogP contribution in [0, 0.1) is 0 Å². The van der Waals surface area contributed by atoms with E-state index in [1.807, 2.05) is 37.3 Å². The Bertz CT molecular complexity index is 649. The maximum Gasteiger partial charge on any atom is 0.339 e. The SMILES string of the molecule is CC[C@H](Cc1ccccc1)OC(=O)c1ccccc1C(=O)O. The number of hydrogen-bond donors (Lipinski definition) is 1. The zero-order valence-electron chi connectivity index (χ0n) is 12.4. The van der Waals surface area contributed by atoms with Gasteiger partial charge < -0.3 is 9.84 Å². The van der Waals surface area contributed by atoms with Gasteiger partial charge in [-0.25, -0.2) is 9.59 Å². The largest absolute Gasteiger partial charge is 0.478 e. The Morgan fingerprint density at radius 1 is 1.00 bits per heavy atom. The fourth-order valence-electron chi connectivity index (χ4n) is 2.21. The highest BCUT2D eigenvalue weighted by molar-refractivity contribution is 6.02. The summed E-state index contributed by atoms with van der Waals surface area (Å²) >= 11 is 0. The molecule has 4 heteroatoms. The minimum absolute atomic E-state index is 0.0398. The minimum Gasteiger partial charge on any atom is -0.478 e. The summed E-state index contributed by atoms with van der Waals surface area (Å²) in [5, 5.41) is 9.13. The highest BCUT2D eigenvalue weighted by Gasteiger charge is 2.20. The number of esters is 1. The quantitative estimate of drug-likeness (QED) is 0.828. The molecular weight excluding hydrogens is 280 g/mol. The molecule has 0 aliphatic carbocycles. The number of carbonyl (C=O) groups excluding carboxylic acids is 1. The van der Waals surface area contributed by atoms with Crippen LogP contribution < -0.4 is 0 Å². The first-order valence-electron chi connectivity index (χ1n) is 7.19. The van der Waals surface area contributed by atoms with Crippen molar-refractivity contribution in [3.05, 3.63) is 71.3 Å². The van der Waals surface area contributed by atoms with E-state index in [-0.39, 0.29) is 17.2 Å². The number of carboxylic acid groups (broad SMARTS) is 1. The fourth-order valence-corrected chi connectivity index (χ4v) is 2.21. The second-order valence-corrected chi connectivity index (χ2v) is 4.98. The summed E-state index contributed by atoms with van der Waals surface area (Å²) in [4.78, 5) is 23.4. The highest BCUT2D eigenvalue weighted by atomic mass is 16.5. The highest BCUT2D eigenvalue weighted by Crippen LogP contribution is 2.15. The maximum absolute atomic E-state index is 12.2. The third-order valence-corrected chi connectivity index (χ3v) is 3.41. The van der Waals surface area contributed by atoms with Crippen LogP contribution in [0.2, 0.25) is 0 Å². The number of carboxylic acids is 1. The van der Waals surface area contributed by atoms with Gasteiger partial charge in [0.25, 0.3) is 0 Å². The summed E-state index contributed by atoms with van der Waals surface area (Å²) in [6.07, 6.45) is 0.991. The second-order valence-electron chi connectivity index (χ2n) is 4.98. The predicted octanol–water partition coefficient (Wildman–Crippen LogP) is 3.56. The topological polar surface area (TPSA) is 63.6 Å². The summed E-state index contributed by atoms with van der Waals surface area (Å²) < 4.78 is 5.48. The lowest BCUT2D eigenvalue weighted by atomic mass is 10.1. The predicted molar refractivity (Wildman–Crippen MR) is 83.0 cm³/mol. The van der Waals surface area contributed by atoms with Gasteiger partial charge in [-0.2, -0.15) is 0 Å². The molecule has 2 aromatic carbocycles. The Labute approximate surface area is 129 Å².